The molecule has 8 heteroatoms. The van der Waals surface area contributed by atoms with Crippen molar-refractivity contribution in [2.24, 2.45) is 0 Å². The van der Waals surface area contributed by atoms with Crippen LogP contribution in [0.15, 0.2) is 30.5 Å². The quantitative estimate of drug-likeness (QED) is 0.588. The van der Waals surface area contributed by atoms with Crippen LogP contribution in [0.1, 0.15) is 23.3 Å². The van der Waals surface area contributed by atoms with E-state index in [1.807, 2.05) is 24.3 Å². The first kappa shape index (κ1) is 22.1. The molecule has 5 rings (SSSR count). The molecule has 0 aliphatic carbocycles. The Balaban J connectivity index is 1.43. The highest BCUT2D eigenvalue weighted by atomic mass is 35.5. The zero-order valence-electron chi connectivity index (χ0n) is 18.3. The summed E-state index contributed by atoms with van der Waals surface area (Å²) in [5.74, 6) is 0.785. The van der Waals surface area contributed by atoms with Crippen molar-refractivity contribution in [1.29, 1.82) is 0 Å². The molecule has 0 bridgehead atoms. The molecule has 2 aliphatic heterocycles. The van der Waals surface area contributed by atoms with Crippen LogP contribution in [-0.4, -0.2) is 70.6 Å². The predicted octanol–water partition coefficient (Wildman–Crippen LogP) is 3.76. The van der Waals surface area contributed by atoms with Gasteiger partial charge in [-0.05, 0) is 51.2 Å². The fourth-order valence-electron chi connectivity index (χ4n) is 4.90. The zero-order chi connectivity index (χ0) is 22.4. The molecule has 4 heterocycles. The number of fused-ring (bicyclic) bond motifs is 2. The van der Waals surface area contributed by atoms with E-state index in [9.17, 15) is 10.2 Å². The Labute approximate surface area is 197 Å². The molecule has 2 aromatic heterocycles. The summed E-state index contributed by atoms with van der Waals surface area (Å²) in [5.41, 5.74) is 3.76. The number of piperidine rings is 1. The molecule has 1 saturated heterocycles. The second-order valence-corrected chi connectivity index (χ2v) is 10.5. The van der Waals surface area contributed by atoms with Crippen molar-refractivity contribution in [2.45, 2.75) is 44.2 Å². The lowest BCUT2D eigenvalue weighted by molar-refractivity contribution is -0.0784. The fraction of sp³-hybridized carbons (Fsp3) is 0.458. The molecule has 1 fully saturated rings. The normalized spacial score (nSPS) is 20.6. The summed E-state index contributed by atoms with van der Waals surface area (Å²) in [6.45, 7) is 1.71. The monoisotopic (exact) mass is 473 g/mol. The molecule has 0 radical (unpaired) electrons. The minimum Gasteiger partial charge on any atom is -0.485 e. The van der Waals surface area contributed by atoms with Gasteiger partial charge in [-0.15, -0.1) is 11.3 Å². The van der Waals surface area contributed by atoms with E-state index < -0.39 is 6.23 Å². The van der Waals surface area contributed by atoms with Crippen molar-refractivity contribution >= 4 is 33.2 Å². The summed E-state index contributed by atoms with van der Waals surface area (Å²) < 4.78 is 7.39. The van der Waals surface area contributed by atoms with Gasteiger partial charge in [-0.2, -0.15) is 0 Å². The van der Waals surface area contributed by atoms with E-state index in [4.69, 9.17) is 16.3 Å². The van der Waals surface area contributed by atoms with Crippen molar-refractivity contribution < 1.29 is 14.9 Å². The molecule has 6 nitrogen and oxygen atoms in total. The molecule has 2 N–H and O–H groups in total. The Morgan fingerprint density at radius 1 is 1.25 bits per heavy atom. The maximum atomic E-state index is 11.1. The molecular formula is C24H28ClN3O3S. The molecule has 3 aromatic rings. The number of thiophene rings is 1. The first-order valence-electron chi connectivity index (χ1n) is 11.0. The Morgan fingerprint density at radius 2 is 2.03 bits per heavy atom. The Morgan fingerprint density at radius 3 is 2.75 bits per heavy atom. The summed E-state index contributed by atoms with van der Waals surface area (Å²) >= 11 is 8.03. The van der Waals surface area contributed by atoms with Gasteiger partial charge in [0.2, 0.25) is 0 Å². The van der Waals surface area contributed by atoms with Gasteiger partial charge in [0, 0.05) is 58.3 Å². The highest BCUT2D eigenvalue weighted by Gasteiger charge is 2.36. The fourth-order valence-corrected chi connectivity index (χ4v) is 6.14. The minimum absolute atomic E-state index is 0.0105. The number of pyridine rings is 1. The lowest BCUT2D eigenvalue weighted by Crippen LogP contribution is -2.51. The van der Waals surface area contributed by atoms with Crippen molar-refractivity contribution in [3.63, 3.8) is 0 Å². The van der Waals surface area contributed by atoms with E-state index in [-0.39, 0.29) is 12.7 Å². The first-order chi connectivity index (χ1) is 15.4. The summed E-state index contributed by atoms with van der Waals surface area (Å²) in [5, 5.41) is 21.3. The highest BCUT2D eigenvalue weighted by molar-refractivity contribution is 7.19. The van der Waals surface area contributed by atoms with Gasteiger partial charge in [0.15, 0.2) is 0 Å². The van der Waals surface area contributed by atoms with Gasteiger partial charge in [-0.1, -0.05) is 11.6 Å². The number of aliphatic hydroxyl groups excluding tert-OH is 2. The molecule has 1 aromatic carbocycles. The van der Waals surface area contributed by atoms with Gasteiger partial charge in [-0.25, -0.2) is 0 Å². The molecule has 0 spiro atoms. The van der Waals surface area contributed by atoms with Gasteiger partial charge in [-0.3, -0.25) is 9.88 Å². The van der Waals surface area contributed by atoms with Gasteiger partial charge >= 0.3 is 0 Å². The average Bonchev–Trinajstić information content (AvgIpc) is 3.41. The van der Waals surface area contributed by atoms with E-state index in [0.717, 1.165) is 63.5 Å². The molecule has 0 saturated carbocycles. The van der Waals surface area contributed by atoms with Crippen molar-refractivity contribution in [3.8, 4) is 16.9 Å². The zero-order valence-corrected chi connectivity index (χ0v) is 19.9. The third-order valence-corrected chi connectivity index (χ3v) is 8.03. The Kier molecular flexibility index (Phi) is 6.13. The van der Waals surface area contributed by atoms with E-state index in [1.165, 1.54) is 11.3 Å². The predicted molar refractivity (Wildman–Crippen MR) is 128 cm³/mol. The maximum absolute atomic E-state index is 11.1. The van der Waals surface area contributed by atoms with E-state index in [2.05, 4.69) is 28.9 Å². The topological polar surface area (TPSA) is 69.1 Å². The standard InChI is InChI=1S/C24H28ClN3O3S/c1-27(2)16-4-7-28(8-5-16)24(30)21-10-14-9-15(25)11-19(22(14)31-21)18-3-6-26-20-12-17(13-29)32-23(18)20/h3,6,9,11-12,16,21,24,29-30H,4-5,7-8,10,13H2,1-2H3. The van der Waals surface area contributed by atoms with Crippen molar-refractivity contribution in [2.75, 3.05) is 27.2 Å². The van der Waals surface area contributed by atoms with E-state index >= 15 is 0 Å². The molecule has 2 unspecified atom stereocenters. The van der Waals surface area contributed by atoms with Crippen molar-refractivity contribution in [1.82, 2.24) is 14.8 Å². The number of likely N-dealkylation sites (tertiary alicyclic amines) is 1. The summed E-state index contributed by atoms with van der Waals surface area (Å²) in [4.78, 5) is 9.72. The summed E-state index contributed by atoms with van der Waals surface area (Å²) in [6.07, 6.45) is 3.50. The summed E-state index contributed by atoms with van der Waals surface area (Å²) in [6, 6.07) is 8.31. The Hall–Kier alpha value is -1.74. The third kappa shape index (κ3) is 4.02. The van der Waals surface area contributed by atoms with Crippen LogP contribution in [0.5, 0.6) is 5.75 Å². The van der Waals surface area contributed by atoms with Gasteiger partial charge < -0.3 is 19.8 Å². The number of hydrogen-bond acceptors (Lipinski definition) is 7. The highest BCUT2D eigenvalue weighted by Crippen LogP contribution is 2.45. The van der Waals surface area contributed by atoms with Gasteiger partial charge in [0.25, 0.3) is 0 Å². The second-order valence-electron chi connectivity index (χ2n) is 8.89. The number of nitrogens with zero attached hydrogens (tertiary/aromatic N) is 3. The van der Waals surface area contributed by atoms with E-state index in [1.54, 1.807) is 6.20 Å². The minimum atomic E-state index is -0.655. The first-order valence-corrected chi connectivity index (χ1v) is 12.2. The van der Waals surface area contributed by atoms with Gasteiger partial charge in [0.05, 0.1) is 16.8 Å². The van der Waals surface area contributed by atoms with Crippen LogP contribution < -0.4 is 4.74 Å². The molecular weight excluding hydrogens is 446 g/mol. The smallest absolute Gasteiger partial charge is 0.145 e. The van der Waals surface area contributed by atoms with Crippen molar-refractivity contribution in [3.05, 3.63) is 45.9 Å². The number of benzene rings is 1. The number of aromatic nitrogens is 1. The average molecular weight is 474 g/mol. The number of aliphatic hydroxyl groups is 2. The molecule has 0 amide bonds. The molecule has 170 valence electrons. The molecule has 2 aliphatic rings. The van der Waals surface area contributed by atoms with Crippen LogP contribution in [0, 0.1) is 0 Å². The Bertz CT molecular complexity index is 1130. The number of hydrogen-bond donors (Lipinski definition) is 2. The van der Waals surface area contributed by atoms with Crippen LogP contribution >= 0.6 is 22.9 Å². The number of halogens is 1. The SMILES string of the molecule is CN(C)C1CCN(C(O)C2Cc3cc(Cl)cc(-c4ccnc5cc(CO)sc45)c3O2)CC1. The third-order valence-electron chi connectivity index (χ3n) is 6.67. The number of rotatable bonds is 5. The lowest BCUT2D eigenvalue weighted by atomic mass is 10.00. The van der Waals surface area contributed by atoms with E-state index in [0.29, 0.717) is 17.5 Å². The van der Waals surface area contributed by atoms with Crippen LogP contribution in [-0.2, 0) is 13.0 Å². The van der Waals surface area contributed by atoms with Crippen LogP contribution in [0.2, 0.25) is 5.02 Å². The summed E-state index contributed by atoms with van der Waals surface area (Å²) in [7, 11) is 4.23. The lowest BCUT2D eigenvalue weighted by Gasteiger charge is -2.38. The number of ether oxygens (including phenoxy) is 1. The molecule has 32 heavy (non-hydrogen) atoms. The van der Waals surface area contributed by atoms with Crippen LogP contribution in [0.3, 0.4) is 0 Å². The second kappa shape index (κ2) is 8.89. The molecule has 2 atom stereocenters. The van der Waals surface area contributed by atoms with Crippen LogP contribution in [0.4, 0.5) is 0 Å². The largest absolute Gasteiger partial charge is 0.485 e. The van der Waals surface area contributed by atoms with Crippen LogP contribution in [0.25, 0.3) is 21.3 Å². The van der Waals surface area contributed by atoms with Gasteiger partial charge in [0.1, 0.15) is 18.1 Å². The maximum Gasteiger partial charge on any atom is 0.145 e.